The fourth-order valence-electron chi connectivity index (χ4n) is 4.04. The second-order valence-corrected chi connectivity index (χ2v) is 11.0. The minimum Gasteiger partial charge on any atom is -0.503 e. The van der Waals surface area contributed by atoms with E-state index in [9.17, 15) is 14.7 Å². The van der Waals surface area contributed by atoms with Crippen LogP contribution in [0.4, 0.5) is 5.69 Å². The summed E-state index contributed by atoms with van der Waals surface area (Å²) in [6.45, 7) is 16.4. The minimum atomic E-state index is -0.660. The number of carbonyl (C=O) groups excluding carboxylic acids is 2. The van der Waals surface area contributed by atoms with Gasteiger partial charge in [-0.1, -0.05) is 91.8 Å². The highest BCUT2D eigenvalue weighted by atomic mass is 16.3. The van der Waals surface area contributed by atoms with Gasteiger partial charge in [0.2, 0.25) is 0 Å². The summed E-state index contributed by atoms with van der Waals surface area (Å²) in [5.74, 6) is -1.54. The van der Waals surface area contributed by atoms with Crippen molar-refractivity contribution in [1.82, 2.24) is 0 Å². The van der Waals surface area contributed by atoms with Gasteiger partial charge in [-0.15, -0.1) is 0 Å². The fourth-order valence-corrected chi connectivity index (χ4v) is 4.04. The smallest absolute Gasteiger partial charge is 0.294 e. The zero-order valence-electron chi connectivity index (χ0n) is 20.5. The molecule has 170 valence electrons. The third kappa shape index (κ3) is 4.36. The molecule has 0 fully saturated rings. The highest BCUT2D eigenvalue weighted by molar-refractivity contribution is 6.16. The van der Waals surface area contributed by atoms with Crippen molar-refractivity contribution in [2.24, 2.45) is 5.92 Å². The monoisotopic (exact) mass is 433 g/mol. The second-order valence-electron chi connectivity index (χ2n) is 11.0. The highest BCUT2D eigenvalue weighted by Crippen LogP contribution is 2.42. The Morgan fingerprint density at radius 3 is 1.69 bits per heavy atom. The topological polar surface area (TPSA) is 57.6 Å². The van der Waals surface area contributed by atoms with Crippen LogP contribution in [0.15, 0.2) is 59.9 Å². The van der Waals surface area contributed by atoms with Gasteiger partial charge in [0, 0.05) is 11.6 Å². The maximum Gasteiger partial charge on any atom is 0.294 e. The van der Waals surface area contributed by atoms with Crippen molar-refractivity contribution in [3.05, 3.63) is 76.6 Å². The average molecular weight is 434 g/mol. The van der Waals surface area contributed by atoms with Crippen molar-refractivity contribution in [3.63, 3.8) is 0 Å². The van der Waals surface area contributed by atoms with Gasteiger partial charge in [0.25, 0.3) is 5.91 Å². The first kappa shape index (κ1) is 23.8. The number of carbonyl (C=O) groups is 2. The van der Waals surface area contributed by atoms with E-state index in [1.807, 2.05) is 48.5 Å². The maximum atomic E-state index is 13.2. The first-order valence-corrected chi connectivity index (χ1v) is 11.3. The predicted octanol–water partition coefficient (Wildman–Crippen LogP) is 6.41. The quantitative estimate of drug-likeness (QED) is 0.606. The number of ketones is 1. The normalized spacial score (nSPS) is 17.5. The molecule has 4 heteroatoms. The Kier molecular flexibility index (Phi) is 6.12. The minimum absolute atomic E-state index is 0.0128. The van der Waals surface area contributed by atoms with Gasteiger partial charge in [0.15, 0.2) is 11.5 Å². The number of amides is 1. The lowest BCUT2D eigenvalue weighted by molar-refractivity contribution is -0.119. The summed E-state index contributed by atoms with van der Waals surface area (Å²) < 4.78 is 0. The molecule has 0 aliphatic carbocycles. The molecular formula is C28H35NO3. The summed E-state index contributed by atoms with van der Waals surface area (Å²) >= 11 is 0. The van der Waals surface area contributed by atoms with Crippen LogP contribution in [0.25, 0.3) is 0 Å². The van der Waals surface area contributed by atoms with Crippen molar-refractivity contribution in [1.29, 1.82) is 0 Å². The number of Topliss-reactive ketones (excluding diaryl/α,β-unsaturated/α-hetero) is 1. The van der Waals surface area contributed by atoms with Crippen LogP contribution in [0.3, 0.4) is 0 Å². The molecule has 0 saturated carbocycles. The third-order valence-electron chi connectivity index (χ3n) is 6.10. The number of aliphatic hydroxyl groups is 1. The molecule has 2 aromatic rings. The standard InChI is InChI=1S/C28H35NO3/c1-17(2)24(30)22-23(18-9-11-19(12-10-18)27(3,4)5)29(26(32)25(22)31)21-15-13-20(14-16-21)28(6,7)8/h9-17,23,31H,1-8H3. The van der Waals surface area contributed by atoms with Crippen LogP contribution in [0.1, 0.15) is 78.1 Å². The molecule has 1 aliphatic rings. The number of nitrogens with zero attached hydrogens (tertiary/aromatic N) is 1. The summed E-state index contributed by atoms with van der Waals surface area (Å²) in [4.78, 5) is 27.8. The molecule has 0 aromatic heterocycles. The first-order chi connectivity index (χ1) is 14.7. The van der Waals surface area contributed by atoms with E-state index < -0.39 is 17.7 Å². The van der Waals surface area contributed by atoms with Crippen LogP contribution in [0.2, 0.25) is 0 Å². The van der Waals surface area contributed by atoms with Gasteiger partial charge in [-0.2, -0.15) is 0 Å². The van der Waals surface area contributed by atoms with Gasteiger partial charge in [0.05, 0.1) is 11.6 Å². The van der Waals surface area contributed by atoms with Gasteiger partial charge < -0.3 is 5.11 Å². The third-order valence-corrected chi connectivity index (χ3v) is 6.10. The van der Waals surface area contributed by atoms with E-state index in [0.29, 0.717) is 5.69 Å². The van der Waals surface area contributed by atoms with Crippen LogP contribution in [-0.2, 0) is 20.4 Å². The summed E-state index contributed by atoms with van der Waals surface area (Å²) in [5, 5.41) is 10.8. The van der Waals surface area contributed by atoms with Crippen LogP contribution in [0.5, 0.6) is 0 Å². The van der Waals surface area contributed by atoms with E-state index in [1.165, 1.54) is 0 Å². The molecule has 4 nitrogen and oxygen atoms in total. The molecule has 0 bridgehead atoms. The summed E-state index contributed by atoms with van der Waals surface area (Å²) in [6.07, 6.45) is 0. The number of anilines is 1. The lowest BCUT2D eigenvalue weighted by Crippen LogP contribution is -2.31. The van der Waals surface area contributed by atoms with E-state index in [1.54, 1.807) is 18.7 Å². The molecule has 32 heavy (non-hydrogen) atoms. The second kappa shape index (κ2) is 8.23. The van der Waals surface area contributed by atoms with Crippen molar-refractivity contribution in [3.8, 4) is 0 Å². The van der Waals surface area contributed by atoms with Gasteiger partial charge in [-0.25, -0.2) is 0 Å². The number of rotatable bonds is 4. The average Bonchev–Trinajstić information content (AvgIpc) is 2.97. The van der Waals surface area contributed by atoms with Crippen molar-refractivity contribution < 1.29 is 14.7 Å². The van der Waals surface area contributed by atoms with Crippen LogP contribution >= 0.6 is 0 Å². The number of hydrogen-bond donors (Lipinski definition) is 1. The zero-order chi connectivity index (χ0) is 24.0. The van der Waals surface area contributed by atoms with Crippen LogP contribution in [-0.4, -0.2) is 16.8 Å². The summed E-state index contributed by atoms with van der Waals surface area (Å²) in [6, 6.07) is 15.1. The fraction of sp³-hybridized carbons (Fsp3) is 0.429. The predicted molar refractivity (Wildman–Crippen MR) is 130 cm³/mol. The molecule has 0 spiro atoms. The summed E-state index contributed by atoms with van der Waals surface area (Å²) in [7, 11) is 0. The number of benzene rings is 2. The SMILES string of the molecule is CC(C)C(=O)C1=C(O)C(=O)N(c2ccc(C(C)(C)C)cc2)C1c1ccc(C(C)(C)C)cc1. The molecule has 1 aliphatic heterocycles. The lowest BCUT2D eigenvalue weighted by atomic mass is 9.85. The molecule has 1 N–H and O–H groups in total. The van der Waals surface area contributed by atoms with Crippen LogP contribution in [0, 0.1) is 5.92 Å². The Hall–Kier alpha value is -2.88. The van der Waals surface area contributed by atoms with E-state index in [0.717, 1.165) is 16.7 Å². The Morgan fingerprint density at radius 2 is 1.28 bits per heavy atom. The van der Waals surface area contributed by atoms with Gasteiger partial charge in [-0.3, -0.25) is 14.5 Å². The van der Waals surface area contributed by atoms with Crippen LogP contribution < -0.4 is 4.90 Å². The molecule has 3 rings (SSSR count). The Labute approximate surface area is 192 Å². The highest BCUT2D eigenvalue weighted by Gasteiger charge is 2.44. The first-order valence-electron chi connectivity index (χ1n) is 11.3. The lowest BCUT2D eigenvalue weighted by Gasteiger charge is -2.29. The molecule has 1 amide bonds. The molecule has 1 unspecified atom stereocenters. The molecule has 1 heterocycles. The Balaban J connectivity index is 2.14. The molecule has 0 radical (unpaired) electrons. The van der Waals surface area contributed by atoms with Crippen molar-refractivity contribution in [2.45, 2.75) is 72.3 Å². The largest absolute Gasteiger partial charge is 0.503 e. The molecular weight excluding hydrogens is 398 g/mol. The Bertz CT molecular complexity index is 1050. The zero-order valence-corrected chi connectivity index (χ0v) is 20.5. The van der Waals surface area contributed by atoms with E-state index in [-0.39, 0.29) is 28.1 Å². The number of aliphatic hydroxyl groups excluding tert-OH is 1. The Morgan fingerprint density at radius 1 is 0.844 bits per heavy atom. The maximum absolute atomic E-state index is 13.2. The van der Waals surface area contributed by atoms with Crippen molar-refractivity contribution >= 4 is 17.4 Å². The molecule has 2 aromatic carbocycles. The van der Waals surface area contributed by atoms with Gasteiger partial charge in [0.1, 0.15) is 0 Å². The molecule has 1 atom stereocenters. The summed E-state index contributed by atoms with van der Waals surface area (Å²) in [5.41, 5.74) is 3.92. The number of hydrogen-bond acceptors (Lipinski definition) is 3. The van der Waals surface area contributed by atoms with E-state index >= 15 is 0 Å². The van der Waals surface area contributed by atoms with E-state index in [4.69, 9.17) is 0 Å². The van der Waals surface area contributed by atoms with Gasteiger partial charge >= 0.3 is 0 Å². The van der Waals surface area contributed by atoms with Crippen molar-refractivity contribution in [2.75, 3.05) is 4.90 Å². The molecule has 0 saturated heterocycles. The van der Waals surface area contributed by atoms with Gasteiger partial charge in [-0.05, 0) is 39.7 Å². The van der Waals surface area contributed by atoms with E-state index in [2.05, 4.69) is 41.5 Å².